The number of hydrogen-bond acceptors (Lipinski definition) is 3. The summed E-state index contributed by atoms with van der Waals surface area (Å²) in [6.45, 7) is 18.8. The van der Waals surface area contributed by atoms with Crippen molar-refractivity contribution >= 4 is 0 Å². The summed E-state index contributed by atoms with van der Waals surface area (Å²) in [6, 6.07) is 1.30. The minimum Gasteiger partial charge on any atom is -0.380 e. The molecule has 120 valence electrons. The summed E-state index contributed by atoms with van der Waals surface area (Å²) in [4.78, 5) is 2.65. The summed E-state index contributed by atoms with van der Waals surface area (Å²) >= 11 is 0. The molecule has 1 aliphatic heterocycles. The molecule has 1 heterocycles. The first-order chi connectivity index (χ1) is 9.40. The van der Waals surface area contributed by atoms with Gasteiger partial charge in [-0.05, 0) is 24.2 Å². The number of hydrogen-bond donors (Lipinski definition) is 1. The molecule has 0 aromatic rings. The van der Waals surface area contributed by atoms with Crippen LogP contribution in [-0.2, 0) is 4.74 Å². The highest BCUT2D eigenvalue weighted by Crippen LogP contribution is 2.18. The van der Waals surface area contributed by atoms with Crippen molar-refractivity contribution < 1.29 is 4.74 Å². The molecule has 0 bridgehead atoms. The Morgan fingerprint density at radius 2 is 1.80 bits per heavy atom. The average Bonchev–Trinajstić information content (AvgIpc) is 2.33. The molecule has 0 aliphatic carbocycles. The van der Waals surface area contributed by atoms with Gasteiger partial charge in [-0.2, -0.15) is 0 Å². The van der Waals surface area contributed by atoms with Crippen LogP contribution in [0.25, 0.3) is 0 Å². The van der Waals surface area contributed by atoms with E-state index in [1.807, 2.05) is 0 Å². The molecule has 0 amide bonds. The molecule has 1 saturated heterocycles. The largest absolute Gasteiger partial charge is 0.380 e. The van der Waals surface area contributed by atoms with Gasteiger partial charge in [-0.1, -0.05) is 41.5 Å². The van der Waals surface area contributed by atoms with E-state index in [1.165, 1.54) is 13.0 Å². The molecule has 3 nitrogen and oxygen atoms in total. The molecule has 3 heteroatoms. The molecule has 2 atom stereocenters. The Morgan fingerprint density at radius 3 is 2.35 bits per heavy atom. The van der Waals surface area contributed by atoms with Crippen LogP contribution >= 0.6 is 0 Å². The van der Waals surface area contributed by atoms with E-state index >= 15 is 0 Å². The van der Waals surface area contributed by atoms with Crippen LogP contribution in [0, 0.1) is 17.8 Å². The van der Waals surface area contributed by atoms with E-state index < -0.39 is 0 Å². The van der Waals surface area contributed by atoms with E-state index in [-0.39, 0.29) is 0 Å². The molecular formula is C17H36N2O. The van der Waals surface area contributed by atoms with E-state index in [0.29, 0.717) is 23.9 Å². The van der Waals surface area contributed by atoms with Gasteiger partial charge in [0.05, 0.1) is 6.61 Å². The van der Waals surface area contributed by atoms with Crippen LogP contribution in [0.4, 0.5) is 0 Å². The summed E-state index contributed by atoms with van der Waals surface area (Å²) in [7, 11) is 0. The number of nitrogens with one attached hydrogen (secondary N) is 1. The summed E-state index contributed by atoms with van der Waals surface area (Å²) < 4.78 is 5.78. The smallest absolute Gasteiger partial charge is 0.0593 e. The first kappa shape index (κ1) is 17.9. The zero-order valence-electron chi connectivity index (χ0n) is 14.5. The molecule has 0 aromatic heterocycles. The fraction of sp³-hybridized carbons (Fsp3) is 1.00. The van der Waals surface area contributed by atoms with Crippen LogP contribution in [-0.4, -0.2) is 49.8 Å². The normalized spacial score (nSPS) is 25.1. The van der Waals surface area contributed by atoms with Crippen molar-refractivity contribution in [1.82, 2.24) is 10.2 Å². The predicted molar refractivity (Wildman–Crippen MR) is 87.1 cm³/mol. The van der Waals surface area contributed by atoms with Gasteiger partial charge in [-0.25, -0.2) is 0 Å². The Hall–Kier alpha value is -0.120. The molecule has 0 spiro atoms. The van der Waals surface area contributed by atoms with Gasteiger partial charge in [0, 0.05) is 38.3 Å². The topological polar surface area (TPSA) is 24.5 Å². The summed E-state index contributed by atoms with van der Waals surface area (Å²) in [5, 5.41) is 3.74. The number of piperazine rings is 1. The Bertz CT molecular complexity index is 253. The highest BCUT2D eigenvalue weighted by Gasteiger charge is 2.29. The van der Waals surface area contributed by atoms with Gasteiger partial charge in [0.15, 0.2) is 0 Å². The van der Waals surface area contributed by atoms with Gasteiger partial charge in [-0.15, -0.1) is 0 Å². The second-order valence-electron chi connectivity index (χ2n) is 7.51. The Kier molecular flexibility index (Phi) is 8.08. The lowest BCUT2D eigenvalue weighted by molar-refractivity contribution is 0.0400. The van der Waals surface area contributed by atoms with Crippen molar-refractivity contribution in [3.05, 3.63) is 0 Å². The van der Waals surface area contributed by atoms with Gasteiger partial charge >= 0.3 is 0 Å². The highest BCUT2D eigenvalue weighted by atomic mass is 16.5. The van der Waals surface area contributed by atoms with Crippen LogP contribution in [0.2, 0.25) is 0 Å². The van der Waals surface area contributed by atoms with Gasteiger partial charge in [0.1, 0.15) is 0 Å². The minimum absolute atomic E-state index is 0.632. The molecule has 1 aliphatic rings. The van der Waals surface area contributed by atoms with Crippen molar-refractivity contribution in [1.29, 1.82) is 0 Å². The predicted octanol–water partition coefficient (Wildman–Crippen LogP) is 3.00. The third-order valence-electron chi connectivity index (χ3n) is 4.04. The van der Waals surface area contributed by atoms with E-state index in [1.54, 1.807) is 0 Å². The van der Waals surface area contributed by atoms with Gasteiger partial charge in [0.2, 0.25) is 0 Å². The molecule has 0 radical (unpaired) electrons. The molecule has 2 unspecified atom stereocenters. The van der Waals surface area contributed by atoms with Gasteiger partial charge in [-0.3, -0.25) is 4.90 Å². The number of rotatable bonds is 8. The summed E-state index contributed by atoms with van der Waals surface area (Å²) in [5.41, 5.74) is 0. The third kappa shape index (κ3) is 6.55. The number of nitrogens with zero attached hydrogens (tertiary/aromatic N) is 1. The molecule has 0 aromatic carbocycles. The summed E-state index contributed by atoms with van der Waals surface area (Å²) in [5.74, 6) is 2.10. The summed E-state index contributed by atoms with van der Waals surface area (Å²) in [6.07, 6.45) is 1.27. The monoisotopic (exact) mass is 284 g/mol. The zero-order valence-corrected chi connectivity index (χ0v) is 14.5. The van der Waals surface area contributed by atoms with Crippen LogP contribution in [0.1, 0.15) is 48.0 Å². The zero-order chi connectivity index (χ0) is 15.1. The van der Waals surface area contributed by atoms with E-state index in [0.717, 1.165) is 32.2 Å². The number of ether oxygens (including phenoxy) is 1. The Balaban J connectivity index is 2.42. The van der Waals surface area contributed by atoms with Crippen LogP contribution in [0.5, 0.6) is 0 Å². The van der Waals surface area contributed by atoms with E-state index in [4.69, 9.17) is 4.74 Å². The molecule has 0 saturated carbocycles. The van der Waals surface area contributed by atoms with Crippen LogP contribution in [0.15, 0.2) is 0 Å². The lowest BCUT2D eigenvalue weighted by Gasteiger charge is -2.43. The van der Waals surface area contributed by atoms with E-state index in [2.05, 4.69) is 51.8 Å². The maximum absolute atomic E-state index is 5.78. The van der Waals surface area contributed by atoms with Crippen molar-refractivity contribution in [2.24, 2.45) is 17.8 Å². The maximum Gasteiger partial charge on any atom is 0.0593 e. The lowest BCUT2D eigenvalue weighted by Crippen LogP contribution is -2.59. The molecule has 1 rings (SSSR count). The average molecular weight is 284 g/mol. The first-order valence-electron chi connectivity index (χ1n) is 8.45. The molecule has 20 heavy (non-hydrogen) atoms. The Labute approximate surface area is 126 Å². The fourth-order valence-electron chi connectivity index (χ4n) is 3.04. The van der Waals surface area contributed by atoms with Crippen molar-refractivity contribution in [3.63, 3.8) is 0 Å². The minimum atomic E-state index is 0.632. The van der Waals surface area contributed by atoms with Crippen LogP contribution in [0.3, 0.4) is 0 Å². The van der Waals surface area contributed by atoms with Crippen molar-refractivity contribution in [2.45, 2.75) is 60.0 Å². The lowest BCUT2D eigenvalue weighted by atomic mass is 9.95. The molecule has 1 N–H and O–H groups in total. The van der Waals surface area contributed by atoms with Crippen molar-refractivity contribution in [2.75, 3.05) is 32.8 Å². The van der Waals surface area contributed by atoms with Crippen molar-refractivity contribution in [3.8, 4) is 0 Å². The quantitative estimate of drug-likeness (QED) is 0.694. The second kappa shape index (κ2) is 9.01. The molecule has 1 fully saturated rings. The second-order valence-corrected chi connectivity index (χ2v) is 7.51. The standard InChI is InChI=1S/C17H36N2O/c1-13(2)9-16-11-19(7-8-20-12-14(3)4)17(10-18-16)15(5)6/h13-18H,7-12H2,1-6H3. The fourth-order valence-corrected chi connectivity index (χ4v) is 3.04. The van der Waals surface area contributed by atoms with E-state index in [9.17, 15) is 0 Å². The Morgan fingerprint density at radius 1 is 1.10 bits per heavy atom. The first-order valence-corrected chi connectivity index (χ1v) is 8.45. The van der Waals surface area contributed by atoms with Crippen LogP contribution < -0.4 is 5.32 Å². The SMILES string of the molecule is CC(C)COCCN1CC(CC(C)C)NCC1C(C)C. The molecular weight excluding hydrogens is 248 g/mol. The highest BCUT2D eigenvalue weighted by molar-refractivity contribution is 4.88. The van der Waals surface area contributed by atoms with Gasteiger partial charge < -0.3 is 10.1 Å². The van der Waals surface area contributed by atoms with Gasteiger partial charge in [0.25, 0.3) is 0 Å². The third-order valence-corrected chi connectivity index (χ3v) is 4.04. The maximum atomic E-state index is 5.78.